The predicted octanol–water partition coefficient (Wildman–Crippen LogP) is 3.43. The van der Waals surface area contributed by atoms with E-state index in [9.17, 15) is 14.4 Å². The van der Waals surface area contributed by atoms with Gasteiger partial charge in [-0.15, -0.1) is 0 Å². The lowest BCUT2D eigenvalue weighted by Gasteiger charge is -2.16. The predicted molar refractivity (Wildman–Crippen MR) is 111 cm³/mol. The number of nitrogens with zero attached hydrogens (tertiary/aromatic N) is 1. The van der Waals surface area contributed by atoms with Crippen molar-refractivity contribution >= 4 is 17.7 Å². The van der Waals surface area contributed by atoms with Gasteiger partial charge in [-0.3, -0.25) is 14.4 Å². The Bertz CT molecular complexity index is 920. The topological polar surface area (TPSA) is 63.7 Å². The zero-order valence-corrected chi connectivity index (χ0v) is 17.2. The van der Waals surface area contributed by atoms with Gasteiger partial charge in [0.2, 0.25) is 11.7 Å². The number of amides is 1. The zero-order valence-electron chi connectivity index (χ0n) is 17.2. The zero-order chi connectivity index (χ0) is 21.0. The molecule has 0 N–H and O–H groups in total. The lowest BCUT2D eigenvalue weighted by molar-refractivity contribution is -0.147. The first-order valence-electron chi connectivity index (χ1n) is 9.94. The molecule has 29 heavy (non-hydrogen) atoms. The van der Waals surface area contributed by atoms with Crippen LogP contribution in [0.2, 0.25) is 0 Å². The maximum atomic E-state index is 12.5. The SMILES string of the molecule is Cc1cc(C)c(C(=O)COC(=O)[C@@H]2CC(=O)N(CCc3ccccc3)C2)cc1C. The van der Waals surface area contributed by atoms with Crippen LogP contribution in [0.3, 0.4) is 0 Å². The molecule has 1 heterocycles. The van der Waals surface area contributed by atoms with Crippen LogP contribution in [0.25, 0.3) is 0 Å². The van der Waals surface area contributed by atoms with Crippen LogP contribution in [0.5, 0.6) is 0 Å². The largest absolute Gasteiger partial charge is 0.457 e. The molecule has 2 aromatic rings. The smallest absolute Gasteiger partial charge is 0.311 e. The highest BCUT2D eigenvalue weighted by Crippen LogP contribution is 2.21. The molecule has 0 bridgehead atoms. The monoisotopic (exact) mass is 393 g/mol. The van der Waals surface area contributed by atoms with Gasteiger partial charge in [0.1, 0.15) is 0 Å². The number of likely N-dealkylation sites (tertiary alicyclic amines) is 1. The minimum Gasteiger partial charge on any atom is -0.457 e. The van der Waals surface area contributed by atoms with Crippen molar-refractivity contribution in [3.05, 3.63) is 70.3 Å². The summed E-state index contributed by atoms with van der Waals surface area (Å²) in [6.45, 7) is 6.45. The number of carbonyl (C=O) groups excluding carboxylic acids is 3. The number of Topliss-reactive ketones (excluding diaryl/α,β-unsaturated/α-hetero) is 1. The summed E-state index contributed by atoms with van der Waals surface area (Å²) in [4.78, 5) is 38.8. The van der Waals surface area contributed by atoms with Crippen LogP contribution in [0.4, 0.5) is 0 Å². The summed E-state index contributed by atoms with van der Waals surface area (Å²) in [5, 5.41) is 0. The average molecular weight is 393 g/mol. The quantitative estimate of drug-likeness (QED) is 0.534. The van der Waals surface area contributed by atoms with E-state index in [2.05, 4.69) is 0 Å². The minimum absolute atomic E-state index is 0.0424. The van der Waals surface area contributed by atoms with Crippen LogP contribution in [0.1, 0.15) is 39.0 Å². The fourth-order valence-corrected chi connectivity index (χ4v) is 3.65. The first-order chi connectivity index (χ1) is 13.8. The third-order valence-corrected chi connectivity index (χ3v) is 5.55. The summed E-state index contributed by atoms with van der Waals surface area (Å²) in [5.41, 5.74) is 4.75. The molecule has 1 fully saturated rings. The van der Waals surface area contributed by atoms with Gasteiger partial charge in [0, 0.05) is 25.1 Å². The van der Waals surface area contributed by atoms with E-state index in [1.54, 1.807) is 4.90 Å². The van der Waals surface area contributed by atoms with Gasteiger partial charge >= 0.3 is 5.97 Å². The Hall–Kier alpha value is -2.95. The number of benzene rings is 2. The Balaban J connectivity index is 1.51. The number of aryl methyl sites for hydroxylation is 3. The first-order valence-corrected chi connectivity index (χ1v) is 9.94. The molecule has 0 spiro atoms. The minimum atomic E-state index is -0.507. The summed E-state index contributed by atoms with van der Waals surface area (Å²) in [6, 6.07) is 13.7. The molecular weight excluding hydrogens is 366 g/mol. The van der Waals surface area contributed by atoms with Crippen LogP contribution in [0.15, 0.2) is 42.5 Å². The summed E-state index contributed by atoms with van der Waals surface area (Å²) in [6.07, 6.45) is 0.892. The van der Waals surface area contributed by atoms with E-state index >= 15 is 0 Å². The lowest BCUT2D eigenvalue weighted by atomic mass is 9.98. The lowest BCUT2D eigenvalue weighted by Crippen LogP contribution is -2.29. The molecule has 2 aromatic carbocycles. The van der Waals surface area contributed by atoms with E-state index in [4.69, 9.17) is 4.74 Å². The number of rotatable bonds is 7. The Kier molecular flexibility index (Phi) is 6.47. The third-order valence-electron chi connectivity index (χ3n) is 5.55. The van der Waals surface area contributed by atoms with E-state index in [0.717, 1.165) is 28.7 Å². The third kappa shape index (κ3) is 5.11. The summed E-state index contributed by atoms with van der Waals surface area (Å²) >= 11 is 0. The van der Waals surface area contributed by atoms with Gasteiger partial charge in [-0.1, -0.05) is 36.4 Å². The van der Waals surface area contributed by atoms with E-state index in [-0.39, 0.29) is 24.7 Å². The Morgan fingerprint density at radius 1 is 1.03 bits per heavy atom. The second kappa shape index (κ2) is 9.03. The molecule has 0 radical (unpaired) electrons. The van der Waals surface area contributed by atoms with Crippen molar-refractivity contribution in [2.24, 2.45) is 5.92 Å². The van der Waals surface area contributed by atoms with Crippen LogP contribution in [-0.2, 0) is 20.7 Å². The molecule has 5 heteroatoms. The number of hydrogen-bond acceptors (Lipinski definition) is 4. The van der Waals surface area contributed by atoms with E-state index in [0.29, 0.717) is 18.7 Å². The van der Waals surface area contributed by atoms with Gasteiger partial charge in [0.25, 0.3) is 0 Å². The fourth-order valence-electron chi connectivity index (χ4n) is 3.65. The number of esters is 1. The van der Waals surface area contributed by atoms with Crippen molar-refractivity contribution in [3.8, 4) is 0 Å². The highest BCUT2D eigenvalue weighted by atomic mass is 16.5. The molecule has 0 aliphatic carbocycles. The van der Waals surface area contributed by atoms with E-state index in [1.165, 1.54) is 0 Å². The Morgan fingerprint density at radius 3 is 2.45 bits per heavy atom. The normalized spacial score (nSPS) is 16.2. The molecular formula is C24H27NO4. The molecule has 5 nitrogen and oxygen atoms in total. The molecule has 1 aliphatic rings. The molecule has 0 saturated carbocycles. The van der Waals surface area contributed by atoms with Crippen LogP contribution < -0.4 is 0 Å². The summed E-state index contributed by atoms with van der Waals surface area (Å²) in [5.74, 6) is -1.24. The maximum absolute atomic E-state index is 12.5. The van der Waals surface area contributed by atoms with Gasteiger partial charge in [0.15, 0.2) is 6.61 Å². The molecule has 1 amide bonds. The van der Waals surface area contributed by atoms with Gasteiger partial charge in [-0.05, 0) is 55.5 Å². The van der Waals surface area contributed by atoms with Gasteiger partial charge in [-0.2, -0.15) is 0 Å². The van der Waals surface area contributed by atoms with E-state index < -0.39 is 11.9 Å². The molecule has 0 aromatic heterocycles. The fraction of sp³-hybridized carbons (Fsp3) is 0.375. The van der Waals surface area contributed by atoms with Crippen molar-refractivity contribution < 1.29 is 19.1 Å². The molecule has 1 saturated heterocycles. The summed E-state index contributed by atoms with van der Waals surface area (Å²) in [7, 11) is 0. The molecule has 1 atom stereocenters. The Labute approximate surface area is 171 Å². The highest BCUT2D eigenvalue weighted by Gasteiger charge is 2.35. The number of carbonyl (C=O) groups is 3. The van der Waals surface area contributed by atoms with Crippen LogP contribution in [0, 0.1) is 26.7 Å². The maximum Gasteiger partial charge on any atom is 0.311 e. The molecule has 3 rings (SSSR count). The Morgan fingerprint density at radius 2 is 1.72 bits per heavy atom. The van der Waals surface area contributed by atoms with Crippen LogP contribution in [-0.4, -0.2) is 42.3 Å². The average Bonchev–Trinajstić information content (AvgIpc) is 3.08. The molecule has 1 aliphatic heterocycles. The van der Waals surface area contributed by atoms with Crippen LogP contribution >= 0.6 is 0 Å². The van der Waals surface area contributed by atoms with Gasteiger partial charge in [0.05, 0.1) is 5.92 Å². The van der Waals surface area contributed by atoms with Crippen molar-refractivity contribution in [3.63, 3.8) is 0 Å². The number of hydrogen-bond donors (Lipinski definition) is 0. The molecule has 0 unspecified atom stereocenters. The van der Waals surface area contributed by atoms with Gasteiger partial charge in [-0.25, -0.2) is 0 Å². The standard InChI is InChI=1S/C24H27NO4/c1-16-11-18(3)21(12-17(16)2)22(26)15-29-24(28)20-13-23(27)25(14-20)10-9-19-7-5-4-6-8-19/h4-8,11-12,20H,9-10,13-15H2,1-3H3/t20-/m1/s1. The molecule has 152 valence electrons. The first kappa shape index (κ1) is 20.8. The van der Waals surface area contributed by atoms with Crippen molar-refractivity contribution in [1.82, 2.24) is 4.90 Å². The second-order valence-corrected chi connectivity index (χ2v) is 7.76. The second-order valence-electron chi connectivity index (χ2n) is 7.76. The highest BCUT2D eigenvalue weighted by molar-refractivity contribution is 5.99. The van der Waals surface area contributed by atoms with Crippen molar-refractivity contribution in [2.45, 2.75) is 33.6 Å². The number of ether oxygens (including phenoxy) is 1. The van der Waals surface area contributed by atoms with Crippen molar-refractivity contribution in [2.75, 3.05) is 19.7 Å². The van der Waals surface area contributed by atoms with E-state index in [1.807, 2.05) is 63.2 Å². The number of ketones is 1. The van der Waals surface area contributed by atoms with Gasteiger partial charge < -0.3 is 9.64 Å². The summed E-state index contributed by atoms with van der Waals surface area (Å²) < 4.78 is 5.26. The van der Waals surface area contributed by atoms with Crippen molar-refractivity contribution in [1.29, 1.82) is 0 Å².